The molecule has 1 atom stereocenters. The van der Waals surface area contributed by atoms with Gasteiger partial charge in [-0.2, -0.15) is 0 Å². The van der Waals surface area contributed by atoms with Crippen LogP contribution in [0.1, 0.15) is 29.2 Å². The molecule has 0 spiro atoms. The highest BCUT2D eigenvalue weighted by atomic mass is 35.5. The van der Waals surface area contributed by atoms with Crippen molar-refractivity contribution in [2.45, 2.75) is 44.7 Å². The molecular formula is C34H36ClN3O4S. The Hall–Kier alpha value is -4.14. The van der Waals surface area contributed by atoms with E-state index in [2.05, 4.69) is 5.32 Å². The Morgan fingerprint density at radius 3 is 2.07 bits per heavy atom. The second-order valence-corrected chi connectivity index (χ2v) is 12.7. The standard InChI is InChI=1S/C34H36ClN3O4S/c1-4-36-34(40)32(22-27-11-7-5-8-12-27)37(23-28-17-15-25(2)16-18-28)33(39)24-38(31-20-19-29(35)21-26(31)3)43(41,42)30-13-9-6-10-14-30/h5-21,32H,4,22-24H2,1-3H3,(H,36,40)/t32-/m1/s1. The molecule has 0 saturated carbocycles. The third-order valence-corrected chi connectivity index (χ3v) is 9.14. The number of likely N-dealkylation sites (N-methyl/N-ethyl adjacent to an activating group) is 1. The Morgan fingerprint density at radius 1 is 0.837 bits per heavy atom. The average Bonchev–Trinajstić information content (AvgIpc) is 3.00. The molecule has 0 heterocycles. The lowest BCUT2D eigenvalue weighted by Crippen LogP contribution is -2.53. The number of carbonyl (C=O) groups excluding carboxylic acids is 2. The van der Waals surface area contributed by atoms with Crippen LogP contribution >= 0.6 is 11.6 Å². The Kier molecular flexibility index (Phi) is 10.6. The maximum Gasteiger partial charge on any atom is 0.264 e. The summed E-state index contributed by atoms with van der Waals surface area (Å²) in [7, 11) is -4.17. The zero-order chi connectivity index (χ0) is 31.0. The quantitative estimate of drug-likeness (QED) is 0.214. The van der Waals surface area contributed by atoms with Crippen LogP contribution in [0.5, 0.6) is 0 Å². The fourth-order valence-electron chi connectivity index (χ4n) is 4.87. The number of benzene rings is 4. The van der Waals surface area contributed by atoms with Crippen molar-refractivity contribution in [3.05, 3.63) is 130 Å². The van der Waals surface area contributed by atoms with Gasteiger partial charge in [0.05, 0.1) is 10.6 Å². The Balaban J connectivity index is 1.81. The van der Waals surface area contributed by atoms with Crippen LogP contribution in [-0.4, -0.2) is 44.3 Å². The van der Waals surface area contributed by atoms with Crippen LogP contribution in [0.4, 0.5) is 5.69 Å². The van der Waals surface area contributed by atoms with Crippen molar-refractivity contribution in [3.63, 3.8) is 0 Å². The van der Waals surface area contributed by atoms with Crippen molar-refractivity contribution in [1.82, 2.24) is 10.2 Å². The Labute approximate surface area is 259 Å². The molecule has 1 N–H and O–H groups in total. The minimum absolute atomic E-state index is 0.0480. The van der Waals surface area contributed by atoms with Crippen LogP contribution in [0.3, 0.4) is 0 Å². The molecule has 4 aromatic carbocycles. The second-order valence-electron chi connectivity index (χ2n) is 10.4. The number of anilines is 1. The van der Waals surface area contributed by atoms with Crippen LogP contribution in [0.25, 0.3) is 0 Å². The zero-order valence-corrected chi connectivity index (χ0v) is 26.1. The lowest BCUT2D eigenvalue weighted by atomic mass is 10.0. The summed E-state index contributed by atoms with van der Waals surface area (Å²) in [6.45, 7) is 5.52. The monoisotopic (exact) mass is 617 g/mol. The summed E-state index contributed by atoms with van der Waals surface area (Å²) in [6, 6.07) is 29.1. The summed E-state index contributed by atoms with van der Waals surface area (Å²) in [5.74, 6) is -0.825. The molecule has 4 rings (SSSR count). The molecule has 0 aliphatic carbocycles. The Bertz CT molecular complexity index is 1650. The number of hydrogen-bond donors (Lipinski definition) is 1. The van der Waals surface area contributed by atoms with Gasteiger partial charge in [-0.25, -0.2) is 8.42 Å². The SMILES string of the molecule is CCNC(=O)[C@@H](Cc1ccccc1)N(Cc1ccc(C)cc1)C(=O)CN(c1ccc(Cl)cc1C)S(=O)(=O)c1ccccc1. The summed E-state index contributed by atoms with van der Waals surface area (Å²) in [4.78, 5) is 29.5. The Morgan fingerprint density at radius 2 is 1.47 bits per heavy atom. The van der Waals surface area contributed by atoms with Crippen LogP contribution in [-0.2, 0) is 32.6 Å². The molecule has 2 amide bonds. The maximum atomic E-state index is 14.4. The summed E-state index contributed by atoms with van der Waals surface area (Å²) >= 11 is 6.21. The van der Waals surface area contributed by atoms with Crippen LogP contribution in [0, 0.1) is 13.8 Å². The van der Waals surface area contributed by atoms with Gasteiger partial charge in [-0.15, -0.1) is 0 Å². The van der Waals surface area contributed by atoms with E-state index in [0.717, 1.165) is 21.0 Å². The highest BCUT2D eigenvalue weighted by Crippen LogP contribution is 2.29. The van der Waals surface area contributed by atoms with Crippen LogP contribution in [0.15, 0.2) is 108 Å². The van der Waals surface area contributed by atoms with Crippen molar-refractivity contribution in [3.8, 4) is 0 Å². The first kappa shape index (κ1) is 31.8. The molecule has 9 heteroatoms. The smallest absolute Gasteiger partial charge is 0.264 e. The van der Waals surface area contributed by atoms with Gasteiger partial charge in [0.25, 0.3) is 10.0 Å². The molecule has 7 nitrogen and oxygen atoms in total. The van der Waals surface area contributed by atoms with Gasteiger partial charge in [-0.1, -0.05) is 90.0 Å². The van der Waals surface area contributed by atoms with Gasteiger partial charge in [0.1, 0.15) is 12.6 Å². The van der Waals surface area contributed by atoms with Crippen molar-refractivity contribution in [2.24, 2.45) is 0 Å². The van der Waals surface area contributed by atoms with Crippen LogP contribution < -0.4 is 9.62 Å². The van der Waals surface area contributed by atoms with E-state index in [0.29, 0.717) is 22.8 Å². The average molecular weight is 618 g/mol. The van der Waals surface area contributed by atoms with Gasteiger partial charge >= 0.3 is 0 Å². The summed E-state index contributed by atoms with van der Waals surface area (Å²) in [5, 5.41) is 3.32. The van der Waals surface area contributed by atoms with Gasteiger partial charge in [0.2, 0.25) is 11.8 Å². The fraction of sp³-hybridized carbons (Fsp3) is 0.235. The number of carbonyl (C=O) groups is 2. The molecule has 0 radical (unpaired) electrons. The van der Waals surface area contributed by atoms with E-state index in [4.69, 9.17) is 11.6 Å². The van der Waals surface area contributed by atoms with Gasteiger partial charge in [0, 0.05) is 24.5 Å². The number of aryl methyl sites for hydroxylation is 2. The van der Waals surface area contributed by atoms with E-state index in [-0.39, 0.29) is 23.8 Å². The largest absolute Gasteiger partial charge is 0.355 e. The normalized spacial score (nSPS) is 11.9. The first-order chi connectivity index (χ1) is 20.6. The lowest BCUT2D eigenvalue weighted by Gasteiger charge is -2.34. The molecular weight excluding hydrogens is 582 g/mol. The van der Waals surface area contributed by atoms with Gasteiger partial charge < -0.3 is 10.2 Å². The number of nitrogens with one attached hydrogen (secondary N) is 1. The number of amides is 2. The molecule has 0 unspecified atom stereocenters. The van der Waals surface area contributed by atoms with Gasteiger partial charge in [-0.05, 0) is 67.8 Å². The molecule has 0 aliphatic heterocycles. The highest BCUT2D eigenvalue weighted by Gasteiger charge is 2.35. The predicted molar refractivity (Wildman–Crippen MR) is 172 cm³/mol. The summed E-state index contributed by atoms with van der Waals surface area (Å²) in [6.07, 6.45) is 0.260. The third-order valence-electron chi connectivity index (χ3n) is 7.13. The molecule has 0 bridgehead atoms. The maximum absolute atomic E-state index is 14.4. The van der Waals surface area contributed by atoms with E-state index < -0.39 is 28.5 Å². The molecule has 43 heavy (non-hydrogen) atoms. The molecule has 0 aliphatic rings. The van der Waals surface area contributed by atoms with Gasteiger partial charge in [-0.3, -0.25) is 13.9 Å². The predicted octanol–water partition coefficient (Wildman–Crippen LogP) is 5.93. The molecule has 0 saturated heterocycles. The molecule has 224 valence electrons. The number of halogens is 1. The highest BCUT2D eigenvalue weighted by molar-refractivity contribution is 7.92. The second kappa shape index (κ2) is 14.4. The first-order valence-electron chi connectivity index (χ1n) is 14.1. The molecule has 0 fully saturated rings. The van der Waals surface area contributed by atoms with E-state index in [9.17, 15) is 18.0 Å². The summed E-state index contributed by atoms with van der Waals surface area (Å²) in [5.41, 5.74) is 3.68. The molecule has 0 aromatic heterocycles. The van der Waals surface area contributed by atoms with E-state index in [1.165, 1.54) is 17.0 Å². The number of hydrogen-bond acceptors (Lipinski definition) is 4. The molecule has 4 aromatic rings. The third kappa shape index (κ3) is 8.03. The van der Waals surface area contributed by atoms with E-state index in [1.54, 1.807) is 43.3 Å². The minimum atomic E-state index is -4.17. The number of nitrogens with zero attached hydrogens (tertiary/aromatic N) is 2. The van der Waals surface area contributed by atoms with Crippen molar-refractivity contribution < 1.29 is 18.0 Å². The van der Waals surface area contributed by atoms with Crippen molar-refractivity contribution >= 4 is 39.1 Å². The number of rotatable bonds is 12. The zero-order valence-electron chi connectivity index (χ0n) is 24.5. The summed E-state index contributed by atoms with van der Waals surface area (Å²) < 4.78 is 29.2. The first-order valence-corrected chi connectivity index (χ1v) is 15.9. The number of sulfonamides is 1. The fourth-order valence-corrected chi connectivity index (χ4v) is 6.59. The van der Waals surface area contributed by atoms with Crippen LogP contribution in [0.2, 0.25) is 5.02 Å². The topological polar surface area (TPSA) is 86.8 Å². The minimum Gasteiger partial charge on any atom is -0.355 e. The van der Waals surface area contributed by atoms with Crippen molar-refractivity contribution in [1.29, 1.82) is 0 Å². The van der Waals surface area contributed by atoms with E-state index >= 15 is 0 Å². The van der Waals surface area contributed by atoms with Gasteiger partial charge in [0.15, 0.2) is 0 Å². The lowest BCUT2D eigenvalue weighted by molar-refractivity contribution is -0.140. The van der Waals surface area contributed by atoms with E-state index in [1.807, 2.05) is 68.4 Å². The van der Waals surface area contributed by atoms with Crippen molar-refractivity contribution in [2.75, 3.05) is 17.4 Å².